The molecule has 5 nitrogen and oxygen atoms in total. The smallest absolute Gasteiger partial charge is 0.268 e. The summed E-state index contributed by atoms with van der Waals surface area (Å²) in [7, 11) is 0. The number of hydrogen-bond donors (Lipinski definition) is 1. The van der Waals surface area contributed by atoms with Gasteiger partial charge in [-0.3, -0.25) is 4.79 Å². The molecular weight excluding hydrogens is 384 g/mol. The molecule has 29 heavy (non-hydrogen) atoms. The van der Waals surface area contributed by atoms with Gasteiger partial charge in [0.1, 0.15) is 9.88 Å². The van der Waals surface area contributed by atoms with E-state index >= 15 is 0 Å². The Labute approximate surface area is 171 Å². The molecular formula is C23H16N2O3S. The fourth-order valence-corrected chi connectivity index (χ4v) is 4.12. The average Bonchev–Trinajstić information content (AvgIpc) is 3.42. The quantitative estimate of drug-likeness (QED) is 0.494. The Morgan fingerprint density at radius 3 is 2.31 bits per heavy atom. The summed E-state index contributed by atoms with van der Waals surface area (Å²) in [5.41, 5.74) is 3.21. The van der Waals surface area contributed by atoms with E-state index in [1.54, 1.807) is 18.2 Å². The molecule has 0 saturated heterocycles. The monoisotopic (exact) mass is 400 g/mol. The van der Waals surface area contributed by atoms with Crippen molar-refractivity contribution < 1.29 is 14.3 Å². The van der Waals surface area contributed by atoms with E-state index < -0.39 is 0 Å². The molecule has 3 aromatic carbocycles. The molecule has 0 spiro atoms. The van der Waals surface area contributed by atoms with Crippen LogP contribution in [0.25, 0.3) is 21.8 Å². The number of ether oxygens (including phenoxy) is 2. The van der Waals surface area contributed by atoms with Crippen molar-refractivity contribution >= 4 is 22.9 Å². The third-order valence-corrected chi connectivity index (χ3v) is 5.64. The summed E-state index contributed by atoms with van der Waals surface area (Å²) in [5, 5.41) is 3.76. The molecule has 0 saturated carbocycles. The van der Waals surface area contributed by atoms with Gasteiger partial charge in [0.25, 0.3) is 5.91 Å². The van der Waals surface area contributed by atoms with Gasteiger partial charge in [-0.1, -0.05) is 60.7 Å². The van der Waals surface area contributed by atoms with E-state index in [0.717, 1.165) is 16.1 Å². The molecule has 1 aliphatic rings. The summed E-state index contributed by atoms with van der Waals surface area (Å²) in [6.45, 7) is 0.195. The Bertz CT molecular complexity index is 1170. The maximum atomic E-state index is 13.1. The maximum Gasteiger partial charge on any atom is 0.268 e. The molecule has 6 heteroatoms. The van der Waals surface area contributed by atoms with Crippen LogP contribution in [0.1, 0.15) is 9.67 Å². The number of benzene rings is 3. The van der Waals surface area contributed by atoms with Crippen LogP contribution in [-0.4, -0.2) is 17.7 Å². The van der Waals surface area contributed by atoms with Crippen molar-refractivity contribution in [3.05, 3.63) is 83.7 Å². The number of thiazole rings is 1. The summed E-state index contributed by atoms with van der Waals surface area (Å²) in [6.07, 6.45) is 0. The largest absolute Gasteiger partial charge is 0.454 e. The first kappa shape index (κ1) is 17.5. The second-order valence-electron chi connectivity index (χ2n) is 6.45. The Hall–Kier alpha value is -3.64. The first-order chi connectivity index (χ1) is 14.3. The van der Waals surface area contributed by atoms with E-state index in [9.17, 15) is 4.79 Å². The Morgan fingerprint density at radius 1 is 0.862 bits per heavy atom. The van der Waals surface area contributed by atoms with Crippen molar-refractivity contribution in [1.82, 2.24) is 4.98 Å². The van der Waals surface area contributed by atoms with Crippen molar-refractivity contribution in [1.29, 1.82) is 0 Å². The van der Waals surface area contributed by atoms with Crippen molar-refractivity contribution in [2.24, 2.45) is 0 Å². The number of nitrogens with one attached hydrogen (secondary N) is 1. The van der Waals surface area contributed by atoms with Gasteiger partial charge in [-0.25, -0.2) is 4.98 Å². The van der Waals surface area contributed by atoms with Gasteiger partial charge in [0.15, 0.2) is 11.5 Å². The summed E-state index contributed by atoms with van der Waals surface area (Å²) >= 11 is 1.38. The molecule has 0 atom stereocenters. The van der Waals surface area contributed by atoms with Crippen LogP contribution in [-0.2, 0) is 0 Å². The molecule has 1 aromatic heterocycles. The van der Waals surface area contributed by atoms with Crippen LogP contribution in [0.3, 0.4) is 0 Å². The maximum absolute atomic E-state index is 13.1. The molecule has 0 radical (unpaired) electrons. The standard InChI is InChI=1S/C23H16N2O3S/c26-22(24-17-11-12-18-19(13-17)28-14-27-18)21-20(15-7-3-1-4-8-15)25-23(29-21)16-9-5-2-6-10-16/h1-13H,14H2,(H,24,26). The highest BCUT2D eigenvalue weighted by atomic mass is 32.1. The second kappa shape index (κ2) is 7.41. The number of carbonyl (C=O) groups excluding carboxylic acids is 1. The van der Waals surface area contributed by atoms with Crippen molar-refractivity contribution in [3.63, 3.8) is 0 Å². The highest BCUT2D eigenvalue weighted by Gasteiger charge is 2.21. The zero-order chi connectivity index (χ0) is 19.6. The molecule has 5 rings (SSSR count). The van der Waals surface area contributed by atoms with E-state index in [1.807, 2.05) is 60.7 Å². The van der Waals surface area contributed by atoms with Gasteiger partial charge >= 0.3 is 0 Å². The van der Waals surface area contributed by atoms with Crippen LogP contribution in [0.15, 0.2) is 78.9 Å². The number of aromatic nitrogens is 1. The van der Waals surface area contributed by atoms with Crippen LogP contribution < -0.4 is 14.8 Å². The van der Waals surface area contributed by atoms with Crippen LogP contribution >= 0.6 is 11.3 Å². The highest BCUT2D eigenvalue weighted by Crippen LogP contribution is 2.36. The summed E-state index contributed by atoms with van der Waals surface area (Å²) in [6, 6.07) is 25.0. The molecule has 0 aliphatic carbocycles. The predicted octanol–water partition coefficient (Wildman–Crippen LogP) is 5.46. The topological polar surface area (TPSA) is 60.5 Å². The number of hydrogen-bond acceptors (Lipinski definition) is 5. The van der Waals surface area contributed by atoms with E-state index in [0.29, 0.717) is 27.8 Å². The zero-order valence-corrected chi connectivity index (χ0v) is 16.1. The zero-order valence-electron chi connectivity index (χ0n) is 15.3. The first-order valence-corrected chi connectivity index (χ1v) is 9.92. The normalized spacial score (nSPS) is 12.0. The predicted molar refractivity (Wildman–Crippen MR) is 114 cm³/mol. The van der Waals surface area contributed by atoms with Crippen molar-refractivity contribution in [2.45, 2.75) is 0 Å². The minimum absolute atomic E-state index is 0.195. The number of amides is 1. The summed E-state index contributed by atoms with van der Waals surface area (Å²) < 4.78 is 10.7. The van der Waals surface area contributed by atoms with Crippen LogP contribution in [0, 0.1) is 0 Å². The van der Waals surface area contributed by atoms with Crippen molar-refractivity contribution in [2.75, 3.05) is 12.1 Å². The van der Waals surface area contributed by atoms with Gasteiger partial charge in [-0.05, 0) is 12.1 Å². The highest BCUT2D eigenvalue weighted by molar-refractivity contribution is 7.17. The molecule has 2 heterocycles. The van der Waals surface area contributed by atoms with Gasteiger partial charge in [0, 0.05) is 22.9 Å². The third-order valence-electron chi connectivity index (χ3n) is 4.53. The van der Waals surface area contributed by atoms with Gasteiger partial charge in [-0.2, -0.15) is 0 Å². The van der Waals surface area contributed by atoms with E-state index in [2.05, 4.69) is 5.32 Å². The summed E-state index contributed by atoms with van der Waals surface area (Å²) in [5.74, 6) is 1.10. The molecule has 4 aromatic rings. The fourth-order valence-electron chi connectivity index (χ4n) is 3.13. The minimum atomic E-state index is -0.206. The van der Waals surface area contributed by atoms with Gasteiger partial charge in [0.05, 0.1) is 5.69 Å². The van der Waals surface area contributed by atoms with E-state index in [1.165, 1.54) is 11.3 Å². The third kappa shape index (κ3) is 3.46. The SMILES string of the molecule is O=C(Nc1ccc2c(c1)OCO2)c1sc(-c2ccccc2)nc1-c1ccccc1. The molecule has 0 bridgehead atoms. The summed E-state index contributed by atoms with van der Waals surface area (Å²) in [4.78, 5) is 18.5. The number of carbonyl (C=O) groups is 1. The first-order valence-electron chi connectivity index (χ1n) is 9.10. The Kier molecular flexibility index (Phi) is 4.46. The molecule has 1 amide bonds. The number of rotatable bonds is 4. The lowest BCUT2D eigenvalue weighted by atomic mass is 10.1. The van der Waals surface area contributed by atoms with Crippen LogP contribution in [0.5, 0.6) is 11.5 Å². The lowest BCUT2D eigenvalue weighted by Gasteiger charge is -2.06. The number of fused-ring (bicyclic) bond motifs is 1. The van der Waals surface area contributed by atoms with Crippen LogP contribution in [0.4, 0.5) is 5.69 Å². The van der Waals surface area contributed by atoms with Gasteiger partial charge in [0.2, 0.25) is 6.79 Å². The van der Waals surface area contributed by atoms with Gasteiger partial charge in [-0.15, -0.1) is 11.3 Å². The lowest BCUT2D eigenvalue weighted by Crippen LogP contribution is -2.11. The van der Waals surface area contributed by atoms with Crippen LogP contribution in [0.2, 0.25) is 0 Å². The van der Waals surface area contributed by atoms with E-state index in [4.69, 9.17) is 14.5 Å². The molecule has 142 valence electrons. The molecule has 1 aliphatic heterocycles. The number of anilines is 1. The Morgan fingerprint density at radius 2 is 1.55 bits per heavy atom. The Balaban J connectivity index is 1.52. The molecule has 1 N–H and O–H groups in total. The van der Waals surface area contributed by atoms with Crippen molar-refractivity contribution in [3.8, 4) is 33.3 Å². The second-order valence-corrected chi connectivity index (χ2v) is 7.45. The average molecular weight is 400 g/mol. The van der Waals surface area contributed by atoms with E-state index in [-0.39, 0.29) is 12.7 Å². The molecule has 0 fully saturated rings. The minimum Gasteiger partial charge on any atom is -0.454 e. The molecule has 0 unspecified atom stereocenters. The van der Waals surface area contributed by atoms with Gasteiger partial charge < -0.3 is 14.8 Å². The number of nitrogens with zero attached hydrogens (tertiary/aromatic N) is 1. The lowest BCUT2D eigenvalue weighted by molar-refractivity contribution is 0.103. The fraction of sp³-hybridized carbons (Fsp3) is 0.0435.